The second-order valence-electron chi connectivity index (χ2n) is 4.74. The third-order valence-electron chi connectivity index (χ3n) is 3.30. The van der Waals surface area contributed by atoms with Crippen LogP contribution in [0.5, 0.6) is 0 Å². The van der Waals surface area contributed by atoms with E-state index in [0.717, 1.165) is 9.87 Å². The maximum Gasteiger partial charge on any atom is 0.250 e. The molecule has 1 aliphatic heterocycles. The van der Waals surface area contributed by atoms with Crippen molar-refractivity contribution in [2.45, 2.75) is 30.1 Å². The van der Waals surface area contributed by atoms with Gasteiger partial charge in [-0.3, -0.25) is 0 Å². The number of alkyl halides is 2. The largest absolute Gasteiger partial charge is 0.250 e. The summed E-state index contributed by atoms with van der Waals surface area (Å²) in [6.07, 6.45) is -0.687. The van der Waals surface area contributed by atoms with Gasteiger partial charge in [-0.1, -0.05) is 12.1 Å². The van der Waals surface area contributed by atoms with E-state index < -0.39 is 28.8 Å². The zero-order valence-electron chi connectivity index (χ0n) is 10.7. The Morgan fingerprint density at radius 1 is 1.20 bits per heavy atom. The molecule has 0 N–H and O–H groups in total. The summed E-state index contributed by atoms with van der Waals surface area (Å²) < 4.78 is 51.8. The molecule has 4 nitrogen and oxygen atoms in total. The number of halogens is 2. The molecule has 2 rings (SSSR count). The third kappa shape index (κ3) is 3.14. The van der Waals surface area contributed by atoms with Crippen LogP contribution in [-0.2, 0) is 16.4 Å². The Morgan fingerprint density at radius 2 is 1.75 bits per heavy atom. The average molecular weight is 300 g/mol. The number of hydrogen-bond donors (Lipinski definition) is 0. The van der Waals surface area contributed by atoms with Crippen LogP contribution < -0.4 is 0 Å². The van der Waals surface area contributed by atoms with Crippen molar-refractivity contribution >= 4 is 10.0 Å². The molecular formula is C13H14F2N2O2S. The number of hydrogen-bond acceptors (Lipinski definition) is 3. The van der Waals surface area contributed by atoms with Gasteiger partial charge in [0, 0.05) is 25.9 Å². The molecule has 0 aliphatic carbocycles. The number of piperidine rings is 1. The molecule has 0 bridgehead atoms. The molecule has 0 aromatic heterocycles. The highest BCUT2D eigenvalue weighted by Crippen LogP contribution is 2.30. The number of rotatable bonds is 3. The number of sulfonamides is 1. The van der Waals surface area contributed by atoms with Gasteiger partial charge in [0.1, 0.15) is 0 Å². The van der Waals surface area contributed by atoms with Crippen LogP contribution in [0, 0.1) is 11.3 Å². The van der Waals surface area contributed by atoms with Gasteiger partial charge < -0.3 is 0 Å². The van der Waals surface area contributed by atoms with Gasteiger partial charge in [0.15, 0.2) is 0 Å². The first kappa shape index (κ1) is 14.9. The van der Waals surface area contributed by atoms with E-state index in [9.17, 15) is 17.2 Å². The summed E-state index contributed by atoms with van der Waals surface area (Å²) >= 11 is 0. The van der Waals surface area contributed by atoms with E-state index in [4.69, 9.17) is 5.26 Å². The zero-order valence-corrected chi connectivity index (χ0v) is 11.5. The Labute approximate surface area is 116 Å². The molecule has 1 saturated heterocycles. The lowest BCUT2D eigenvalue weighted by Crippen LogP contribution is -2.42. The topological polar surface area (TPSA) is 61.2 Å². The average Bonchev–Trinajstić information content (AvgIpc) is 2.39. The standard InChI is InChI=1S/C13H14F2N2O2S/c14-13(15)6-9-17(10-7-13)20(18,19)12-3-1-11(2-4-12)5-8-16/h1-4H,5-7,9-10H2. The van der Waals surface area contributed by atoms with Gasteiger partial charge in [0.25, 0.3) is 5.92 Å². The van der Waals surface area contributed by atoms with E-state index in [1.165, 1.54) is 12.1 Å². The summed E-state index contributed by atoms with van der Waals surface area (Å²) in [6.45, 7) is -0.343. The molecule has 0 atom stereocenters. The highest BCUT2D eigenvalue weighted by Gasteiger charge is 2.38. The van der Waals surface area contributed by atoms with E-state index >= 15 is 0 Å². The minimum Gasteiger partial charge on any atom is -0.207 e. The summed E-state index contributed by atoms with van der Waals surface area (Å²) in [5, 5.41) is 8.55. The number of nitriles is 1. The molecule has 108 valence electrons. The summed E-state index contributed by atoms with van der Waals surface area (Å²) in [7, 11) is -3.73. The molecule has 7 heteroatoms. The minimum absolute atomic E-state index is 0.0735. The Kier molecular flexibility index (Phi) is 4.06. The summed E-state index contributed by atoms with van der Waals surface area (Å²) in [6, 6.07) is 7.92. The predicted octanol–water partition coefficient (Wildman–Crippen LogP) is 2.17. The van der Waals surface area contributed by atoms with Crippen molar-refractivity contribution in [3.63, 3.8) is 0 Å². The fraction of sp³-hybridized carbons (Fsp3) is 0.462. The van der Waals surface area contributed by atoms with E-state index in [0.29, 0.717) is 0 Å². The molecule has 1 fully saturated rings. The molecular weight excluding hydrogens is 286 g/mol. The van der Waals surface area contributed by atoms with Gasteiger partial charge in [-0.15, -0.1) is 0 Å². The van der Waals surface area contributed by atoms with Crippen LogP contribution in [-0.4, -0.2) is 31.7 Å². The van der Waals surface area contributed by atoms with Crippen molar-refractivity contribution in [3.05, 3.63) is 29.8 Å². The second kappa shape index (κ2) is 5.46. The molecule has 0 radical (unpaired) electrons. The van der Waals surface area contributed by atoms with E-state index in [1.54, 1.807) is 12.1 Å². The molecule has 0 saturated carbocycles. The highest BCUT2D eigenvalue weighted by atomic mass is 32.2. The predicted molar refractivity (Wildman–Crippen MR) is 68.7 cm³/mol. The van der Waals surface area contributed by atoms with Crippen molar-refractivity contribution in [3.8, 4) is 6.07 Å². The van der Waals surface area contributed by atoms with Gasteiger partial charge in [0.2, 0.25) is 10.0 Å². The van der Waals surface area contributed by atoms with E-state index in [2.05, 4.69) is 0 Å². The quantitative estimate of drug-likeness (QED) is 0.859. The monoisotopic (exact) mass is 300 g/mol. The van der Waals surface area contributed by atoms with Crippen LogP contribution in [0.2, 0.25) is 0 Å². The minimum atomic E-state index is -3.73. The van der Waals surface area contributed by atoms with Gasteiger partial charge >= 0.3 is 0 Å². The van der Waals surface area contributed by atoms with E-state index in [-0.39, 0.29) is 24.4 Å². The van der Waals surface area contributed by atoms with Crippen LogP contribution >= 0.6 is 0 Å². The summed E-state index contributed by atoms with van der Waals surface area (Å²) in [5.74, 6) is -2.78. The van der Waals surface area contributed by atoms with Crippen LogP contribution in [0.25, 0.3) is 0 Å². The molecule has 1 aromatic rings. The molecule has 20 heavy (non-hydrogen) atoms. The van der Waals surface area contributed by atoms with Crippen molar-refractivity contribution in [2.75, 3.05) is 13.1 Å². The van der Waals surface area contributed by atoms with Gasteiger partial charge in [-0.25, -0.2) is 17.2 Å². The molecule has 1 aliphatic rings. The number of nitrogens with zero attached hydrogens (tertiary/aromatic N) is 2. The summed E-state index contributed by atoms with van der Waals surface area (Å²) in [4.78, 5) is 0.0735. The van der Waals surface area contributed by atoms with Gasteiger partial charge in [-0.05, 0) is 17.7 Å². The van der Waals surface area contributed by atoms with Crippen molar-refractivity contribution < 1.29 is 17.2 Å². The molecule has 0 unspecified atom stereocenters. The first-order valence-corrected chi connectivity index (χ1v) is 7.63. The molecule has 1 heterocycles. The maximum absolute atomic E-state index is 13.1. The Morgan fingerprint density at radius 3 is 2.25 bits per heavy atom. The van der Waals surface area contributed by atoms with Crippen molar-refractivity contribution in [1.29, 1.82) is 5.26 Å². The van der Waals surface area contributed by atoms with Crippen molar-refractivity contribution in [1.82, 2.24) is 4.31 Å². The maximum atomic E-state index is 13.1. The first-order chi connectivity index (χ1) is 9.35. The molecule has 0 amide bonds. The lowest BCUT2D eigenvalue weighted by atomic mass is 10.1. The molecule has 1 aromatic carbocycles. The normalized spacial score (nSPS) is 19.4. The van der Waals surface area contributed by atoms with Crippen LogP contribution in [0.4, 0.5) is 8.78 Å². The summed E-state index contributed by atoms with van der Waals surface area (Å²) in [5.41, 5.74) is 0.719. The molecule has 0 spiro atoms. The first-order valence-electron chi connectivity index (χ1n) is 6.19. The fourth-order valence-electron chi connectivity index (χ4n) is 2.07. The van der Waals surface area contributed by atoms with Crippen LogP contribution in [0.15, 0.2) is 29.2 Å². The second-order valence-corrected chi connectivity index (χ2v) is 6.68. The Balaban J connectivity index is 2.17. The zero-order chi connectivity index (χ0) is 14.8. The lowest BCUT2D eigenvalue weighted by molar-refractivity contribution is -0.0412. The Hall–Kier alpha value is -1.52. The van der Waals surface area contributed by atoms with E-state index in [1.807, 2.05) is 6.07 Å². The van der Waals surface area contributed by atoms with Gasteiger partial charge in [0.05, 0.1) is 17.4 Å². The van der Waals surface area contributed by atoms with Crippen molar-refractivity contribution in [2.24, 2.45) is 0 Å². The lowest BCUT2D eigenvalue weighted by Gasteiger charge is -2.30. The smallest absolute Gasteiger partial charge is 0.207 e. The van der Waals surface area contributed by atoms with Crippen LogP contribution in [0.3, 0.4) is 0 Å². The van der Waals surface area contributed by atoms with Crippen LogP contribution in [0.1, 0.15) is 18.4 Å². The van der Waals surface area contributed by atoms with Gasteiger partial charge in [-0.2, -0.15) is 9.57 Å². The SMILES string of the molecule is N#CCc1ccc(S(=O)(=O)N2CCC(F)(F)CC2)cc1. The highest BCUT2D eigenvalue weighted by molar-refractivity contribution is 7.89. The fourth-order valence-corrected chi connectivity index (χ4v) is 3.51. The Bertz CT molecular complexity index is 611. The number of benzene rings is 1. The third-order valence-corrected chi connectivity index (χ3v) is 5.21.